The summed E-state index contributed by atoms with van der Waals surface area (Å²) in [5.41, 5.74) is 5.18. The predicted octanol–water partition coefficient (Wildman–Crippen LogP) is 0.498. The van der Waals surface area contributed by atoms with Gasteiger partial charge in [-0.1, -0.05) is 13.8 Å². The highest BCUT2D eigenvalue weighted by atomic mass is 16.5. The second-order valence-corrected chi connectivity index (χ2v) is 7.30. The van der Waals surface area contributed by atoms with Gasteiger partial charge in [-0.3, -0.25) is 9.59 Å². The van der Waals surface area contributed by atoms with Gasteiger partial charge in [-0.05, 0) is 25.7 Å². The van der Waals surface area contributed by atoms with Crippen molar-refractivity contribution in [3.63, 3.8) is 0 Å². The molecule has 1 amide bonds. The average molecular weight is 296 g/mol. The normalized spacial score (nSPS) is 44.0. The van der Waals surface area contributed by atoms with Crippen molar-refractivity contribution in [1.29, 1.82) is 0 Å². The summed E-state index contributed by atoms with van der Waals surface area (Å²) in [7, 11) is 0. The highest BCUT2D eigenvalue weighted by molar-refractivity contribution is 5.90. The van der Waals surface area contributed by atoms with Crippen molar-refractivity contribution in [2.75, 3.05) is 6.61 Å². The van der Waals surface area contributed by atoms with E-state index < -0.39 is 11.5 Å². The average Bonchev–Trinajstić information content (AvgIpc) is 3.05. The molecule has 0 radical (unpaired) electrons. The topological polar surface area (TPSA) is 102 Å². The van der Waals surface area contributed by atoms with Crippen LogP contribution in [0.4, 0.5) is 0 Å². The van der Waals surface area contributed by atoms with Gasteiger partial charge in [-0.25, -0.2) is 0 Å². The number of aliphatic carboxylic acids is 1. The number of fused-ring (bicyclic) bond motifs is 1. The molecule has 2 aliphatic carbocycles. The lowest BCUT2D eigenvalue weighted by atomic mass is 9.48. The number of hydrogen-bond acceptors (Lipinski definition) is 4. The maximum absolute atomic E-state index is 12.7. The van der Waals surface area contributed by atoms with Gasteiger partial charge in [-0.15, -0.1) is 0 Å². The van der Waals surface area contributed by atoms with Gasteiger partial charge in [0.2, 0.25) is 5.91 Å². The molecule has 5 unspecified atom stereocenters. The molecule has 21 heavy (non-hydrogen) atoms. The fourth-order valence-electron chi connectivity index (χ4n) is 4.49. The smallest absolute Gasteiger partial charge is 0.306 e. The summed E-state index contributed by atoms with van der Waals surface area (Å²) in [5, 5.41) is 12.0. The second-order valence-electron chi connectivity index (χ2n) is 7.30. The third-order valence-electron chi connectivity index (χ3n) is 5.95. The van der Waals surface area contributed by atoms with Crippen LogP contribution < -0.4 is 11.1 Å². The van der Waals surface area contributed by atoms with E-state index in [4.69, 9.17) is 15.6 Å². The van der Waals surface area contributed by atoms with Crippen molar-refractivity contribution in [2.45, 2.75) is 57.2 Å². The Balaban J connectivity index is 1.67. The first-order valence-corrected chi connectivity index (χ1v) is 7.72. The summed E-state index contributed by atoms with van der Waals surface area (Å²) >= 11 is 0. The lowest BCUT2D eigenvalue weighted by Gasteiger charge is -2.60. The summed E-state index contributed by atoms with van der Waals surface area (Å²) in [4.78, 5) is 23.7. The monoisotopic (exact) mass is 296 g/mol. The number of carboxylic acids is 1. The van der Waals surface area contributed by atoms with Crippen molar-refractivity contribution in [1.82, 2.24) is 5.32 Å². The molecule has 0 aromatic carbocycles. The van der Waals surface area contributed by atoms with Gasteiger partial charge in [0.05, 0.1) is 12.0 Å². The molecular weight excluding hydrogens is 272 g/mol. The molecule has 1 heterocycles. The number of carboxylic acid groups (broad SMARTS) is 1. The first-order chi connectivity index (χ1) is 9.78. The van der Waals surface area contributed by atoms with E-state index in [9.17, 15) is 9.59 Å². The number of amides is 1. The largest absolute Gasteiger partial charge is 0.481 e. The Morgan fingerprint density at radius 3 is 2.62 bits per heavy atom. The van der Waals surface area contributed by atoms with Crippen molar-refractivity contribution in [3.05, 3.63) is 0 Å². The maximum Gasteiger partial charge on any atom is 0.306 e. The third-order valence-corrected chi connectivity index (χ3v) is 5.95. The molecular formula is C15H24N2O4. The van der Waals surface area contributed by atoms with Crippen molar-refractivity contribution >= 4 is 11.9 Å². The molecule has 5 atom stereocenters. The number of carbonyl (C=O) groups excluding carboxylic acids is 1. The Morgan fingerprint density at radius 1 is 1.29 bits per heavy atom. The highest BCUT2D eigenvalue weighted by Gasteiger charge is 2.71. The maximum atomic E-state index is 12.7. The van der Waals surface area contributed by atoms with Crippen LogP contribution in [-0.2, 0) is 14.3 Å². The molecule has 1 aliphatic heterocycles. The van der Waals surface area contributed by atoms with E-state index in [1.54, 1.807) is 0 Å². The molecule has 118 valence electrons. The van der Waals surface area contributed by atoms with Crippen LogP contribution >= 0.6 is 0 Å². The lowest BCUT2D eigenvalue weighted by Crippen LogP contribution is -2.80. The van der Waals surface area contributed by atoms with E-state index in [1.807, 2.05) is 13.8 Å². The zero-order valence-corrected chi connectivity index (χ0v) is 12.6. The zero-order chi connectivity index (χ0) is 15.4. The molecule has 3 fully saturated rings. The van der Waals surface area contributed by atoms with Gasteiger partial charge >= 0.3 is 5.97 Å². The van der Waals surface area contributed by atoms with Gasteiger partial charge in [0.15, 0.2) is 0 Å². The second kappa shape index (κ2) is 4.68. The fourth-order valence-corrected chi connectivity index (χ4v) is 4.49. The highest BCUT2D eigenvalue weighted by Crippen LogP contribution is 2.58. The molecule has 3 aliphatic rings. The summed E-state index contributed by atoms with van der Waals surface area (Å²) in [5.74, 6) is -1.19. The van der Waals surface area contributed by atoms with Crippen LogP contribution in [0.2, 0.25) is 0 Å². The van der Waals surface area contributed by atoms with E-state index in [1.165, 1.54) is 0 Å². The number of nitrogens with two attached hydrogens (primary N) is 1. The van der Waals surface area contributed by atoms with Gasteiger partial charge in [-0.2, -0.15) is 0 Å². The number of nitrogens with one attached hydrogen (secondary N) is 1. The van der Waals surface area contributed by atoms with Crippen LogP contribution in [0.25, 0.3) is 0 Å². The van der Waals surface area contributed by atoms with Gasteiger partial charge in [0.1, 0.15) is 5.54 Å². The minimum absolute atomic E-state index is 0.0589. The summed E-state index contributed by atoms with van der Waals surface area (Å²) in [6.07, 6.45) is 2.71. The Bertz CT molecular complexity index is 478. The van der Waals surface area contributed by atoms with E-state index >= 15 is 0 Å². The summed E-state index contributed by atoms with van der Waals surface area (Å²) < 4.78 is 5.69. The quantitative estimate of drug-likeness (QED) is 0.704. The molecule has 0 aromatic rings. The molecule has 3 rings (SSSR count). The first-order valence-electron chi connectivity index (χ1n) is 7.72. The van der Waals surface area contributed by atoms with Gasteiger partial charge < -0.3 is 20.9 Å². The molecule has 6 nitrogen and oxygen atoms in total. The van der Waals surface area contributed by atoms with Crippen LogP contribution in [0.3, 0.4) is 0 Å². The number of carbonyl (C=O) groups is 2. The molecule has 0 spiro atoms. The zero-order valence-electron chi connectivity index (χ0n) is 12.6. The van der Waals surface area contributed by atoms with E-state index in [2.05, 4.69) is 5.32 Å². The fraction of sp³-hybridized carbons (Fsp3) is 0.867. The van der Waals surface area contributed by atoms with E-state index in [-0.39, 0.29) is 35.3 Å². The SMILES string of the molecule is CC1(C)C2OCCC2C1(N)C(=O)NC1CCC(C(=O)O)C1. The van der Waals surface area contributed by atoms with Crippen molar-refractivity contribution < 1.29 is 19.4 Å². The third kappa shape index (κ3) is 1.92. The molecule has 0 bridgehead atoms. The van der Waals surface area contributed by atoms with Crippen molar-refractivity contribution in [2.24, 2.45) is 23.0 Å². The van der Waals surface area contributed by atoms with Crippen LogP contribution in [-0.4, -0.2) is 41.3 Å². The molecule has 2 saturated carbocycles. The van der Waals surface area contributed by atoms with Crippen molar-refractivity contribution in [3.8, 4) is 0 Å². The Morgan fingerprint density at radius 2 is 2.00 bits per heavy atom. The van der Waals surface area contributed by atoms with E-state index in [0.29, 0.717) is 25.9 Å². The van der Waals surface area contributed by atoms with Gasteiger partial charge in [0, 0.05) is 24.0 Å². The van der Waals surface area contributed by atoms with Crippen LogP contribution in [0.15, 0.2) is 0 Å². The summed E-state index contributed by atoms with van der Waals surface area (Å²) in [6.45, 7) is 4.62. The Hall–Kier alpha value is -1.14. The minimum atomic E-state index is -0.907. The first kappa shape index (κ1) is 14.8. The molecule has 6 heteroatoms. The van der Waals surface area contributed by atoms with Gasteiger partial charge in [0.25, 0.3) is 0 Å². The predicted molar refractivity (Wildman–Crippen MR) is 75.5 cm³/mol. The van der Waals surface area contributed by atoms with Crippen LogP contribution in [0.1, 0.15) is 39.5 Å². The molecule has 0 aromatic heterocycles. The Labute approximate surface area is 124 Å². The standard InChI is InChI=1S/C15H24N2O4/c1-14(2)11-10(5-6-21-11)15(14,16)13(20)17-9-4-3-8(7-9)12(18)19/h8-11H,3-7,16H2,1-2H3,(H,17,20)(H,18,19). The number of hydrogen-bond donors (Lipinski definition) is 3. The lowest BCUT2D eigenvalue weighted by molar-refractivity contribution is -0.176. The molecule has 1 saturated heterocycles. The summed E-state index contributed by atoms with van der Waals surface area (Å²) in [6, 6.07) is -0.0730. The van der Waals surface area contributed by atoms with Crippen LogP contribution in [0.5, 0.6) is 0 Å². The van der Waals surface area contributed by atoms with Crippen LogP contribution in [0, 0.1) is 17.3 Å². The van der Waals surface area contributed by atoms with E-state index in [0.717, 1.165) is 6.42 Å². The number of rotatable bonds is 3. The Kier molecular flexibility index (Phi) is 3.29. The molecule has 4 N–H and O–H groups in total. The number of ether oxygens (including phenoxy) is 1. The minimum Gasteiger partial charge on any atom is -0.481 e.